The number of amides is 1. The topological polar surface area (TPSA) is 58.1 Å². The maximum atomic E-state index is 12.6. The summed E-state index contributed by atoms with van der Waals surface area (Å²) in [6.45, 7) is 3.75. The van der Waals surface area contributed by atoms with E-state index in [9.17, 15) is 4.79 Å². The Balaban J connectivity index is 1.41. The molecule has 1 aromatic carbocycles. The molecule has 2 aromatic rings. The zero-order chi connectivity index (χ0) is 18.6. The van der Waals surface area contributed by atoms with Crippen LogP contribution in [0.25, 0.3) is 11.3 Å². The minimum atomic E-state index is 0.0533. The van der Waals surface area contributed by atoms with E-state index in [1.165, 1.54) is 18.4 Å². The Labute approximate surface area is 161 Å². The van der Waals surface area contributed by atoms with Gasteiger partial charge in [-0.1, -0.05) is 36.6 Å². The molecular weight excluding hydrogens is 336 g/mol. The van der Waals surface area contributed by atoms with Gasteiger partial charge in [0.15, 0.2) is 5.82 Å². The van der Waals surface area contributed by atoms with Crippen molar-refractivity contribution in [2.24, 2.45) is 5.92 Å². The Bertz CT molecular complexity index is 783. The van der Waals surface area contributed by atoms with Crippen LogP contribution in [0.2, 0.25) is 0 Å². The van der Waals surface area contributed by atoms with E-state index in [1.54, 1.807) is 0 Å². The van der Waals surface area contributed by atoms with E-state index in [0.29, 0.717) is 6.04 Å². The van der Waals surface area contributed by atoms with E-state index in [0.717, 1.165) is 55.8 Å². The fourth-order valence-electron chi connectivity index (χ4n) is 4.24. The number of hydrogen-bond donors (Lipinski definition) is 1. The summed E-state index contributed by atoms with van der Waals surface area (Å²) in [5.74, 6) is 1.14. The monoisotopic (exact) mass is 364 g/mol. The van der Waals surface area contributed by atoms with Crippen LogP contribution in [-0.4, -0.2) is 35.2 Å². The van der Waals surface area contributed by atoms with Gasteiger partial charge in [-0.25, -0.2) is 0 Å². The van der Waals surface area contributed by atoms with Crippen molar-refractivity contribution < 1.29 is 4.79 Å². The Morgan fingerprint density at radius 3 is 2.67 bits per heavy atom. The number of benzene rings is 1. The predicted octanol–water partition coefficient (Wildman–Crippen LogP) is 3.73. The molecule has 142 valence electrons. The van der Waals surface area contributed by atoms with Crippen LogP contribution in [0.3, 0.4) is 0 Å². The molecule has 1 atom stereocenters. The van der Waals surface area contributed by atoms with Crippen molar-refractivity contribution in [1.29, 1.82) is 0 Å². The smallest absolute Gasteiger partial charge is 0.225 e. The van der Waals surface area contributed by atoms with Gasteiger partial charge < -0.3 is 10.2 Å². The predicted molar refractivity (Wildman–Crippen MR) is 108 cm³/mol. The Kier molecular flexibility index (Phi) is 5.37. The van der Waals surface area contributed by atoms with Gasteiger partial charge in [-0.2, -0.15) is 0 Å². The largest absolute Gasteiger partial charge is 0.354 e. The number of carbonyl (C=O) groups excluding carboxylic acids is 1. The van der Waals surface area contributed by atoms with Crippen LogP contribution >= 0.6 is 0 Å². The molecule has 1 saturated carbocycles. The molecule has 0 radical (unpaired) electrons. The minimum Gasteiger partial charge on any atom is -0.354 e. The van der Waals surface area contributed by atoms with Crippen LogP contribution in [0.1, 0.15) is 44.1 Å². The zero-order valence-electron chi connectivity index (χ0n) is 16.0. The first-order valence-corrected chi connectivity index (χ1v) is 10.1. The fraction of sp³-hybridized carbons (Fsp3) is 0.500. The lowest BCUT2D eigenvalue weighted by Crippen LogP contribution is -2.45. The third kappa shape index (κ3) is 4.29. The Hall–Kier alpha value is -2.43. The van der Waals surface area contributed by atoms with Crippen LogP contribution in [-0.2, 0) is 4.79 Å². The summed E-state index contributed by atoms with van der Waals surface area (Å²) in [5, 5.41) is 12.1. The van der Waals surface area contributed by atoms with E-state index in [1.807, 2.05) is 18.2 Å². The number of nitrogens with one attached hydrogen (secondary N) is 1. The van der Waals surface area contributed by atoms with Crippen molar-refractivity contribution in [2.75, 3.05) is 18.0 Å². The van der Waals surface area contributed by atoms with Gasteiger partial charge in [-0.05, 0) is 50.8 Å². The molecule has 1 aromatic heterocycles. The van der Waals surface area contributed by atoms with Gasteiger partial charge in [-0.3, -0.25) is 4.79 Å². The minimum absolute atomic E-state index is 0.0533. The molecule has 1 amide bonds. The number of aromatic nitrogens is 2. The van der Waals surface area contributed by atoms with E-state index in [2.05, 4.69) is 45.5 Å². The van der Waals surface area contributed by atoms with E-state index in [-0.39, 0.29) is 11.8 Å². The molecule has 0 spiro atoms. The van der Waals surface area contributed by atoms with E-state index in [4.69, 9.17) is 0 Å². The van der Waals surface area contributed by atoms with Gasteiger partial charge in [0, 0.05) is 24.7 Å². The molecule has 4 rings (SSSR count). The highest BCUT2D eigenvalue weighted by Gasteiger charge is 2.28. The van der Waals surface area contributed by atoms with Crippen molar-refractivity contribution >= 4 is 11.7 Å². The van der Waals surface area contributed by atoms with Crippen LogP contribution in [0.5, 0.6) is 0 Å². The summed E-state index contributed by atoms with van der Waals surface area (Å²) in [6, 6.07) is 12.7. The number of carbonyl (C=O) groups is 1. The SMILES string of the molecule is Cc1cccc(-c2ccc(N3CCC[C@@H](C(=O)NC4CCCC4)C3)nn2)c1. The van der Waals surface area contributed by atoms with Gasteiger partial charge in [0.1, 0.15) is 0 Å². The normalized spacial score (nSPS) is 20.6. The van der Waals surface area contributed by atoms with Crippen molar-refractivity contribution in [3.8, 4) is 11.3 Å². The maximum Gasteiger partial charge on any atom is 0.225 e. The highest BCUT2D eigenvalue weighted by Crippen LogP contribution is 2.25. The Morgan fingerprint density at radius 1 is 1.07 bits per heavy atom. The maximum absolute atomic E-state index is 12.6. The Morgan fingerprint density at radius 2 is 1.93 bits per heavy atom. The summed E-state index contributed by atoms with van der Waals surface area (Å²) in [4.78, 5) is 14.8. The number of rotatable bonds is 4. The quantitative estimate of drug-likeness (QED) is 0.898. The second kappa shape index (κ2) is 8.07. The first-order valence-electron chi connectivity index (χ1n) is 10.1. The van der Waals surface area contributed by atoms with Crippen LogP contribution in [0, 0.1) is 12.8 Å². The highest BCUT2D eigenvalue weighted by molar-refractivity contribution is 5.80. The number of piperidine rings is 1. The lowest BCUT2D eigenvalue weighted by Gasteiger charge is -2.33. The number of hydrogen-bond acceptors (Lipinski definition) is 4. The highest BCUT2D eigenvalue weighted by atomic mass is 16.2. The molecule has 1 aliphatic carbocycles. The second-order valence-electron chi connectivity index (χ2n) is 7.92. The summed E-state index contributed by atoms with van der Waals surface area (Å²) in [5.41, 5.74) is 3.18. The molecular formula is C22H28N4O. The molecule has 0 bridgehead atoms. The summed E-state index contributed by atoms with van der Waals surface area (Å²) in [6.07, 6.45) is 6.73. The van der Waals surface area contributed by atoms with Gasteiger partial charge in [0.2, 0.25) is 5.91 Å². The molecule has 2 fully saturated rings. The van der Waals surface area contributed by atoms with E-state index >= 15 is 0 Å². The van der Waals surface area contributed by atoms with Crippen molar-refractivity contribution in [2.45, 2.75) is 51.5 Å². The lowest BCUT2D eigenvalue weighted by molar-refractivity contribution is -0.125. The molecule has 2 heterocycles. The van der Waals surface area contributed by atoms with Crippen LogP contribution in [0.15, 0.2) is 36.4 Å². The lowest BCUT2D eigenvalue weighted by atomic mass is 9.96. The van der Waals surface area contributed by atoms with Gasteiger partial charge in [0.05, 0.1) is 11.6 Å². The average molecular weight is 364 g/mol. The van der Waals surface area contributed by atoms with E-state index < -0.39 is 0 Å². The third-order valence-corrected chi connectivity index (χ3v) is 5.78. The molecule has 27 heavy (non-hydrogen) atoms. The molecule has 0 unspecified atom stereocenters. The van der Waals surface area contributed by atoms with Crippen molar-refractivity contribution in [1.82, 2.24) is 15.5 Å². The summed E-state index contributed by atoms with van der Waals surface area (Å²) < 4.78 is 0. The van der Waals surface area contributed by atoms with Crippen LogP contribution in [0.4, 0.5) is 5.82 Å². The molecule has 1 N–H and O–H groups in total. The van der Waals surface area contributed by atoms with Crippen molar-refractivity contribution in [3.63, 3.8) is 0 Å². The first-order chi connectivity index (χ1) is 13.2. The van der Waals surface area contributed by atoms with Crippen LogP contribution < -0.4 is 10.2 Å². The zero-order valence-corrected chi connectivity index (χ0v) is 16.0. The second-order valence-corrected chi connectivity index (χ2v) is 7.92. The number of anilines is 1. The van der Waals surface area contributed by atoms with Gasteiger partial charge in [0.25, 0.3) is 0 Å². The summed E-state index contributed by atoms with van der Waals surface area (Å²) in [7, 11) is 0. The molecule has 5 heteroatoms. The molecule has 2 aliphatic rings. The number of nitrogens with zero attached hydrogens (tertiary/aromatic N) is 3. The standard InChI is InChI=1S/C22H28N4O/c1-16-6-4-7-17(14-16)20-11-12-21(25-24-20)26-13-5-8-18(15-26)22(27)23-19-9-2-3-10-19/h4,6-7,11-12,14,18-19H,2-3,5,8-10,13,15H2,1H3,(H,23,27)/t18-/m1/s1. The summed E-state index contributed by atoms with van der Waals surface area (Å²) >= 11 is 0. The molecule has 5 nitrogen and oxygen atoms in total. The number of aryl methyl sites for hydroxylation is 1. The average Bonchev–Trinajstić information content (AvgIpc) is 3.21. The fourth-order valence-corrected chi connectivity index (χ4v) is 4.24. The van der Waals surface area contributed by atoms with Gasteiger partial charge >= 0.3 is 0 Å². The first kappa shape index (κ1) is 18.0. The molecule has 1 aliphatic heterocycles. The molecule has 1 saturated heterocycles. The third-order valence-electron chi connectivity index (χ3n) is 5.78. The van der Waals surface area contributed by atoms with Gasteiger partial charge in [-0.15, -0.1) is 10.2 Å². The van der Waals surface area contributed by atoms with Crippen molar-refractivity contribution in [3.05, 3.63) is 42.0 Å².